The van der Waals surface area contributed by atoms with Gasteiger partial charge in [-0.25, -0.2) is 4.39 Å². The smallest absolute Gasteiger partial charge is 0.239 e. The molecule has 0 unspecified atom stereocenters. The van der Waals surface area contributed by atoms with Crippen LogP contribution in [-0.4, -0.2) is 32.7 Å². The highest BCUT2D eigenvalue weighted by molar-refractivity contribution is 5.83. The Labute approximate surface area is 125 Å². The Morgan fingerprint density at radius 3 is 2.71 bits per heavy atom. The van der Waals surface area contributed by atoms with Crippen LogP contribution in [0.25, 0.3) is 0 Å². The van der Waals surface area contributed by atoms with Gasteiger partial charge in [0.1, 0.15) is 0 Å². The second-order valence-corrected chi connectivity index (χ2v) is 5.33. The van der Waals surface area contributed by atoms with E-state index in [0.29, 0.717) is 24.8 Å². The molecule has 0 aliphatic heterocycles. The Balaban J connectivity index is 2.79. The molecule has 0 heterocycles. The van der Waals surface area contributed by atoms with Crippen LogP contribution in [-0.2, 0) is 4.79 Å². The summed E-state index contributed by atoms with van der Waals surface area (Å²) in [6.45, 7) is 6.95. The van der Waals surface area contributed by atoms with Crippen LogP contribution in [0.4, 0.5) is 15.8 Å². The predicted octanol–water partition coefficient (Wildman–Crippen LogP) is 2.01. The van der Waals surface area contributed by atoms with Crippen LogP contribution in [0.15, 0.2) is 12.1 Å². The Morgan fingerprint density at radius 1 is 1.48 bits per heavy atom. The zero-order valence-electron chi connectivity index (χ0n) is 13.1. The molecule has 0 radical (unpaired) electrons. The molecule has 0 spiro atoms. The van der Waals surface area contributed by atoms with E-state index in [1.54, 1.807) is 18.9 Å². The summed E-state index contributed by atoms with van der Waals surface area (Å²) in [6, 6.07) is 2.73. The molecule has 0 saturated heterocycles. The van der Waals surface area contributed by atoms with Crippen LogP contribution < -0.4 is 20.7 Å². The molecule has 1 rings (SSSR count). The molecule has 0 aromatic heterocycles. The Kier molecular flexibility index (Phi) is 6.27. The molecule has 21 heavy (non-hydrogen) atoms. The van der Waals surface area contributed by atoms with Gasteiger partial charge in [0.25, 0.3) is 0 Å². The monoisotopic (exact) mass is 297 g/mol. The maximum atomic E-state index is 13.7. The van der Waals surface area contributed by atoms with Gasteiger partial charge < -0.3 is 20.7 Å². The van der Waals surface area contributed by atoms with Crippen molar-refractivity contribution < 1.29 is 13.9 Å². The van der Waals surface area contributed by atoms with Crippen molar-refractivity contribution in [2.45, 2.75) is 20.8 Å². The lowest BCUT2D eigenvalue weighted by Gasteiger charge is -2.22. The topological polar surface area (TPSA) is 67.6 Å². The van der Waals surface area contributed by atoms with Crippen molar-refractivity contribution in [3.05, 3.63) is 17.9 Å². The first kappa shape index (κ1) is 17.1. The molecule has 0 bridgehead atoms. The van der Waals surface area contributed by atoms with E-state index >= 15 is 0 Å². The minimum atomic E-state index is -0.504. The number of carbonyl (C=O) groups is 1. The molecule has 1 aromatic carbocycles. The zero-order chi connectivity index (χ0) is 16.0. The van der Waals surface area contributed by atoms with Gasteiger partial charge in [-0.05, 0) is 12.8 Å². The number of benzene rings is 1. The number of likely N-dealkylation sites (N-methyl/N-ethyl adjacent to an activating group) is 1. The third-order valence-corrected chi connectivity index (χ3v) is 2.88. The van der Waals surface area contributed by atoms with Gasteiger partial charge in [0.15, 0.2) is 11.6 Å². The highest BCUT2D eigenvalue weighted by Crippen LogP contribution is 2.30. The minimum Gasteiger partial charge on any atom is -0.491 e. The van der Waals surface area contributed by atoms with E-state index in [-0.39, 0.29) is 23.9 Å². The number of halogens is 1. The van der Waals surface area contributed by atoms with E-state index in [1.807, 2.05) is 13.8 Å². The van der Waals surface area contributed by atoms with Gasteiger partial charge in [0.05, 0.1) is 24.5 Å². The van der Waals surface area contributed by atoms with Crippen LogP contribution in [0.2, 0.25) is 0 Å². The van der Waals surface area contributed by atoms with Gasteiger partial charge in [0.2, 0.25) is 5.91 Å². The van der Waals surface area contributed by atoms with E-state index in [2.05, 4.69) is 5.32 Å². The molecule has 0 aliphatic rings. The number of rotatable bonds is 7. The first-order valence-electron chi connectivity index (χ1n) is 7.04. The molecule has 0 fully saturated rings. The summed E-state index contributed by atoms with van der Waals surface area (Å²) >= 11 is 0. The predicted molar refractivity (Wildman–Crippen MR) is 83.1 cm³/mol. The number of hydrogen-bond acceptors (Lipinski definition) is 4. The SMILES string of the molecule is CCOc1cc(N(C)CC(=O)NCC(C)C)c(N)cc1F. The van der Waals surface area contributed by atoms with Crippen molar-refractivity contribution in [1.82, 2.24) is 5.32 Å². The van der Waals surface area contributed by atoms with E-state index in [0.717, 1.165) is 0 Å². The summed E-state index contributed by atoms with van der Waals surface area (Å²) in [5.74, 6) is -0.0838. The average molecular weight is 297 g/mol. The normalized spacial score (nSPS) is 10.6. The maximum absolute atomic E-state index is 13.7. The van der Waals surface area contributed by atoms with Crippen molar-refractivity contribution in [3.63, 3.8) is 0 Å². The zero-order valence-corrected chi connectivity index (χ0v) is 13.1. The summed E-state index contributed by atoms with van der Waals surface area (Å²) in [5, 5.41) is 2.83. The Bertz CT molecular complexity index is 492. The highest BCUT2D eigenvalue weighted by Gasteiger charge is 2.14. The van der Waals surface area contributed by atoms with Crippen LogP contribution in [0.1, 0.15) is 20.8 Å². The van der Waals surface area contributed by atoms with Crippen LogP contribution >= 0.6 is 0 Å². The van der Waals surface area contributed by atoms with E-state index in [9.17, 15) is 9.18 Å². The van der Waals surface area contributed by atoms with Gasteiger partial charge >= 0.3 is 0 Å². The van der Waals surface area contributed by atoms with Crippen molar-refractivity contribution in [2.75, 3.05) is 37.4 Å². The molecule has 1 amide bonds. The summed E-state index contributed by atoms with van der Waals surface area (Å²) in [4.78, 5) is 13.5. The number of hydrogen-bond donors (Lipinski definition) is 2. The molecule has 5 nitrogen and oxygen atoms in total. The minimum absolute atomic E-state index is 0.104. The molecule has 0 aliphatic carbocycles. The second-order valence-electron chi connectivity index (χ2n) is 5.33. The largest absolute Gasteiger partial charge is 0.491 e. The number of nitrogens with zero attached hydrogens (tertiary/aromatic N) is 1. The lowest BCUT2D eigenvalue weighted by molar-refractivity contribution is -0.119. The standard InChI is InChI=1S/C15H24FN3O2/c1-5-21-14-7-13(12(17)6-11(14)16)19(4)9-15(20)18-8-10(2)3/h6-7,10H,5,8-9,17H2,1-4H3,(H,18,20). The van der Waals surface area contributed by atoms with Gasteiger partial charge in [-0.15, -0.1) is 0 Å². The second kappa shape index (κ2) is 7.71. The first-order chi connectivity index (χ1) is 9.85. The Hall–Kier alpha value is -1.98. The first-order valence-corrected chi connectivity index (χ1v) is 7.04. The van der Waals surface area contributed by atoms with Gasteiger partial charge in [-0.2, -0.15) is 0 Å². The summed E-state index contributed by atoms with van der Waals surface area (Å²) in [6.07, 6.45) is 0. The lowest BCUT2D eigenvalue weighted by atomic mass is 10.2. The lowest BCUT2D eigenvalue weighted by Crippen LogP contribution is -2.37. The quantitative estimate of drug-likeness (QED) is 0.756. The van der Waals surface area contributed by atoms with Crippen LogP contribution in [0.3, 0.4) is 0 Å². The fraction of sp³-hybridized carbons (Fsp3) is 0.533. The van der Waals surface area contributed by atoms with Crippen molar-refractivity contribution in [2.24, 2.45) is 5.92 Å². The molecule has 6 heteroatoms. The number of nitrogens with one attached hydrogen (secondary N) is 1. The summed E-state index contributed by atoms with van der Waals surface area (Å²) in [7, 11) is 1.73. The van der Waals surface area contributed by atoms with E-state index in [4.69, 9.17) is 10.5 Å². The van der Waals surface area contributed by atoms with Gasteiger partial charge in [-0.1, -0.05) is 13.8 Å². The van der Waals surface area contributed by atoms with Crippen molar-refractivity contribution in [3.8, 4) is 5.75 Å². The fourth-order valence-corrected chi connectivity index (χ4v) is 1.83. The van der Waals surface area contributed by atoms with Crippen LogP contribution in [0, 0.1) is 11.7 Å². The summed E-state index contributed by atoms with van der Waals surface area (Å²) < 4.78 is 18.9. The fourth-order valence-electron chi connectivity index (χ4n) is 1.83. The highest BCUT2D eigenvalue weighted by atomic mass is 19.1. The molecule has 0 atom stereocenters. The molecular formula is C15H24FN3O2. The number of ether oxygens (including phenoxy) is 1. The van der Waals surface area contributed by atoms with E-state index in [1.165, 1.54) is 12.1 Å². The average Bonchev–Trinajstić information content (AvgIpc) is 2.39. The molecule has 1 aromatic rings. The number of nitrogen functional groups attached to an aromatic ring is 1. The Morgan fingerprint density at radius 2 is 2.14 bits per heavy atom. The number of amides is 1. The number of anilines is 2. The third kappa shape index (κ3) is 5.13. The molecule has 118 valence electrons. The number of nitrogens with two attached hydrogens (primary N) is 1. The number of carbonyl (C=O) groups excluding carboxylic acids is 1. The van der Waals surface area contributed by atoms with Crippen molar-refractivity contribution >= 4 is 17.3 Å². The third-order valence-electron chi connectivity index (χ3n) is 2.88. The van der Waals surface area contributed by atoms with E-state index < -0.39 is 5.82 Å². The van der Waals surface area contributed by atoms with Gasteiger partial charge in [-0.3, -0.25) is 4.79 Å². The van der Waals surface area contributed by atoms with Crippen molar-refractivity contribution in [1.29, 1.82) is 0 Å². The van der Waals surface area contributed by atoms with Crippen LogP contribution in [0.5, 0.6) is 5.75 Å². The molecule has 3 N–H and O–H groups in total. The maximum Gasteiger partial charge on any atom is 0.239 e. The molecular weight excluding hydrogens is 273 g/mol. The molecule has 0 saturated carbocycles. The van der Waals surface area contributed by atoms with Gasteiger partial charge in [0, 0.05) is 25.7 Å². The summed E-state index contributed by atoms with van der Waals surface area (Å²) in [5.41, 5.74) is 6.66.